The number of amides is 1. The third kappa shape index (κ3) is 3.66. The van der Waals surface area contributed by atoms with E-state index in [2.05, 4.69) is 16.0 Å². The Balaban J connectivity index is 1.46. The quantitative estimate of drug-likeness (QED) is 0.605. The molecule has 0 radical (unpaired) electrons. The highest BCUT2D eigenvalue weighted by atomic mass is 16.5. The lowest BCUT2D eigenvalue weighted by Gasteiger charge is -2.38. The van der Waals surface area contributed by atoms with Gasteiger partial charge in [-0.1, -0.05) is 12.1 Å². The lowest BCUT2D eigenvalue weighted by molar-refractivity contribution is 0.0981. The number of hydrogen-bond donors (Lipinski definition) is 1. The molecule has 2 heterocycles. The minimum atomic E-state index is -0.274. The molecule has 1 N–H and O–H groups in total. The maximum Gasteiger partial charge on any atom is 0.263 e. The van der Waals surface area contributed by atoms with Gasteiger partial charge in [0.1, 0.15) is 22.8 Å². The van der Waals surface area contributed by atoms with Gasteiger partial charge in [-0.25, -0.2) is 0 Å². The number of rotatable bonds is 5. The van der Waals surface area contributed by atoms with Crippen molar-refractivity contribution in [1.82, 2.24) is 4.98 Å². The number of hydrogen-bond acceptors (Lipinski definition) is 6. The first-order chi connectivity index (χ1) is 15.5. The molecule has 32 heavy (non-hydrogen) atoms. The number of benzene rings is 2. The van der Waals surface area contributed by atoms with Crippen molar-refractivity contribution in [1.29, 1.82) is 0 Å². The van der Waals surface area contributed by atoms with Gasteiger partial charge in [0.15, 0.2) is 5.78 Å². The summed E-state index contributed by atoms with van der Waals surface area (Å²) in [6.07, 6.45) is 5.44. The molecule has 2 aliphatic rings. The Morgan fingerprint density at radius 1 is 1.03 bits per heavy atom. The second-order valence-electron chi connectivity index (χ2n) is 8.08. The first-order valence-electron chi connectivity index (χ1n) is 10.7. The number of fused-ring (bicyclic) bond motifs is 1. The molecule has 1 aliphatic heterocycles. The molecule has 7 heteroatoms. The number of aromatic hydroxyl groups is 1. The molecule has 0 saturated heterocycles. The normalized spacial score (nSPS) is 15.3. The Morgan fingerprint density at radius 2 is 1.81 bits per heavy atom. The summed E-state index contributed by atoms with van der Waals surface area (Å²) in [4.78, 5) is 33.6. The van der Waals surface area contributed by atoms with E-state index < -0.39 is 0 Å². The number of para-hydroxylation sites is 2. The van der Waals surface area contributed by atoms with E-state index in [1.54, 1.807) is 23.2 Å². The first-order valence-corrected chi connectivity index (χ1v) is 10.7. The van der Waals surface area contributed by atoms with Gasteiger partial charge in [-0.2, -0.15) is 0 Å². The van der Waals surface area contributed by atoms with Gasteiger partial charge in [-0.05, 0) is 56.2 Å². The van der Waals surface area contributed by atoms with Crippen LogP contribution in [-0.4, -0.2) is 40.9 Å². The highest BCUT2D eigenvalue weighted by molar-refractivity contribution is 6.10. The molecule has 1 aliphatic carbocycles. The molecule has 3 aromatic rings. The van der Waals surface area contributed by atoms with Gasteiger partial charge in [0.05, 0.1) is 16.9 Å². The van der Waals surface area contributed by atoms with Crippen LogP contribution in [0.15, 0.2) is 60.9 Å². The fraction of sp³-hybridized carbons (Fsp3) is 0.240. The van der Waals surface area contributed by atoms with E-state index in [4.69, 9.17) is 4.74 Å². The average molecular weight is 429 g/mol. The Labute approximate surface area is 185 Å². The average Bonchev–Trinajstić information content (AvgIpc) is 3.65. The number of Topliss-reactive ketones (excluding diaryl/α,β-unsaturated/α-hetero) is 1. The smallest absolute Gasteiger partial charge is 0.263 e. The Hall–Kier alpha value is -3.87. The number of phenolic OH excluding ortho intramolecular Hbond substituents is 1. The minimum Gasteiger partial charge on any atom is -0.507 e. The van der Waals surface area contributed by atoms with Crippen LogP contribution < -0.4 is 14.5 Å². The molecule has 1 saturated carbocycles. The number of carbonyl (C=O) groups is 2. The maximum atomic E-state index is 13.6. The van der Waals surface area contributed by atoms with Crippen LogP contribution in [-0.2, 0) is 0 Å². The summed E-state index contributed by atoms with van der Waals surface area (Å²) in [6, 6.07) is 14.6. The zero-order valence-electron chi connectivity index (χ0n) is 17.7. The molecule has 0 unspecified atom stereocenters. The predicted molar refractivity (Wildman–Crippen MR) is 121 cm³/mol. The minimum absolute atomic E-state index is 0.110. The van der Waals surface area contributed by atoms with E-state index >= 15 is 0 Å². The van der Waals surface area contributed by atoms with E-state index in [1.165, 1.54) is 38.1 Å². The summed E-state index contributed by atoms with van der Waals surface area (Å²) in [7, 11) is 0. The summed E-state index contributed by atoms with van der Waals surface area (Å²) in [5.74, 6) is 0.117. The number of pyridine rings is 1. The fourth-order valence-electron chi connectivity index (χ4n) is 4.12. The van der Waals surface area contributed by atoms with E-state index in [-0.39, 0.29) is 23.0 Å². The third-order valence-electron chi connectivity index (χ3n) is 5.87. The molecule has 162 valence electrons. The number of carbonyl (C=O) groups excluding carboxylic acids is 2. The van der Waals surface area contributed by atoms with Crippen LogP contribution in [0.4, 0.5) is 11.4 Å². The van der Waals surface area contributed by atoms with Crippen molar-refractivity contribution in [2.45, 2.75) is 25.8 Å². The molecule has 1 fully saturated rings. The van der Waals surface area contributed by atoms with E-state index in [0.29, 0.717) is 29.6 Å². The first kappa shape index (κ1) is 20.1. The van der Waals surface area contributed by atoms with Gasteiger partial charge in [0.2, 0.25) is 0 Å². The van der Waals surface area contributed by atoms with Crippen molar-refractivity contribution < 1.29 is 19.4 Å². The lowest BCUT2D eigenvalue weighted by Crippen LogP contribution is -2.45. The predicted octanol–water partition coefficient (Wildman–Crippen LogP) is 4.41. The number of ketones is 1. The van der Waals surface area contributed by atoms with Crippen LogP contribution in [0, 0.1) is 0 Å². The van der Waals surface area contributed by atoms with Crippen LogP contribution in [0.25, 0.3) is 0 Å². The van der Waals surface area contributed by atoms with Gasteiger partial charge in [-0.15, -0.1) is 0 Å². The zero-order chi connectivity index (χ0) is 22.2. The van der Waals surface area contributed by atoms with Crippen LogP contribution in [0.3, 0.4) is 0 Å². The number of aromatic nitrogens is 1. The molecule has 0 atom stereocenters. The SMILES string of the molecule is CC(=O)c1cc(Oc2ccncc2C(=O)N2CCN(C3CC3)c3ccccc32)ccc1O. The molecular weight excluding hydrogens is 406 g/mol. The second-order valence-corrected chi connectivity index (χ2v) is 8.08. The number of ether oxygens (including phenoxy) is 1. The highest BCUT2D eigenvalue weighted by Crippen LogP contribution is 2.41. The Kier molecular flexibility index (Phi) is 5.01. The second kappa shape index (κ2) is 8.00. The monoisotopic (exact) mass is 429 g/mol. The topological polar surface area (TPSA) is 83.0 Å². The van der Waals surface area contributed by atoms with Crippen molar-refractivity contribution in [3.63, 3.8) is 0 Å². The lowest BCUT2D eigenvalue weighted by atomic mass is 10.1. The van der Waals surface area contributed by atoms with E-state index in [9.17, 15) is 14.7 Å². The molecule has 5 rings (SSSR count). The maximum absolute atomic E-state index is 13.6. The summed E-state index contributed by atoms with van der Waals surface area (Å²) >= 11 is 0. The van der Waals surface area contributed by atoms with Crippen molar-refractivity contribution in [2.24, 2.45) is 0 Å². The summed E-state index contributed by atoms with van der Waals surface area (Å²) in [5, 5.41) is 9.89. The largest absolute Gasteiger partial charge is 0.507 e. The number of anilines is 2. The third-order valence-corrected chi connectivity index (χ3v) is 5.87. The van der Waals surface area contributed by atoms with Crippen LogP contribution in [0.1, 0.15) is 40.5 Å². The van der Waals surface area contributed by atoms with Gasteiger partial charge in [0, 0.05) is 31.5 Å². The Bertz CT molecular complexity index is 1210. The van der Waals surface area contributed by atoms with Crippen molar-refractivity contribution in [2.75, 3.05) is 22.9 Å². The van der Waals surface area contributed by atoms with Crippen molar-refractivity contribution in [3.8, 4) is 17.2 Å². The summed E-state index contributed by atoms with van der Waals surface area (Å²) in [5.41, 5.74) is 2.45. The van der Waals surface area contributed by atoms with E-state index in [1.807, 2.05) is 18.2 Å². The zero-order valence-corrected chi connectivity index (χ0v) is 17.7. The fourth-order valence-corrected chi connectivity index (χ4v) is 4.12. The standard InChI is InChI=1S/C25H23N3O4/c1-16(29)19-14-18(8-9-23(19)30)32-24-10-11-26-15-20(24)25(31)28-13-12-27(17-6-7-17)21-4-2-3-5-22(21)28/h2-5,8-11,14-15,17,30H,6-7,12-13H2,1H3. The number of phenols is 1. The van der Waals surface area contributed by atoms with Crippen molar-refractivity contribution in [3.05, 3.63) is 72.1 Å². The summed E-state index contributed by atoms with van der Waals surface area (Å²) < 4.78 is 5.96. The van der Waals surface area contributed by atoms with E-state index in [0.717, 1.165) is 17.9 Å². The molecule has 7 nitrogen and oxygen atoms in total. The van der Waals surface area contributed by atoms with Gasteiger partial charge in [0.25, 0.3) is 5.91 Å². The number of nitrogens with zero attached hydrogens (tertiary/aromatic N) is 3. The van der Waals surface area contributed by atoms with Gasteiger partial charge < -0.3 is 19.6 Å². The summed E-state index contributed by atoms with van der Waals surface area (Å²) in [6.45, 7) is 2.73. The molecule has 0 bridgehead atoms. The van der Waals surface area contributed by atoms with Gasteiger partial charge >= 0.3 is 0 Å². The molecule has 2 aromatic carbocycles. The molecule has 1 aromatic heterocycles. The van der Waals surface area contributed by atoms with Crippen LogP contribution in [0.5, 0.6) is 17.2 Å². The molecule has 0 spiro atoms. The van der Waals surface area contributed by atoms with Crippen LogP contribution in [0.2, 0.25) is 0 Å². The Morgan fingerprint density at radius 3 is 2.56 bits per heavy atom. The van der Waals surface area contributed by atoms with Crippen molar-refractivity contribution >= 4 is 23.1 Å². The molecular formula is C25H23N3O4. The molecule has 1 amide bonds. The van der Waals surface area contributed by atoms with Gasteiger partial charge in [-0.3, -0.25) is 14.6 Å². The highest BCUT2D eigenvalue weighted by Gasteiger charge is 2.36. The van der Waals surface area contributed by atoms with Crippen LogP contribution >= 0.6 is 0 Å².